The van der Waals surface area contributed by atoms with Crippen molar-refractivity contribution in [3.05, 3.63) is 0 Å². The van der Waals surface area contributed by atoms with Crippen molar-refractivity contribution in [2.24, 2.45) is 0 Å². The fourth-order valence-electron chi connectivity index (χ4n) is 0. The molecule has 1 fully saturated rings. The number of rotatable bonds is 0. The minimum atomic E-state index is 0. The summed E-state index contributed by atoms with van der Waals surface area (Å²) in [4.78, 5) is 0. The van der Waals surface area contributed by atoms with E-state index in [-0.39, 0.29) is 47.9 Å². The molecular formula is C3H6Cl2Mg. The predicted molar refractivity (Wildman–Crippen MR) is 19.6 cm³/mol. The third-order valence-electron chi connectivity index (χ3n) is 0.354. The minimum absolute atomic E-state index is 0. The molecule has 0 spiro atoms. The molecule has 0 amide bonds. The van der Waals surface area contributed by atoms with Gasteiger partial charge in [0.15, 0.2) is 0 Å². The maximum atomic E-state index is 1.50. The molecule has 0 bridgehead atoms. The van der Waals surface area contributed by atoms with Crippen molar-refractivity contribution in [3.8, 4) is 0 Å². The van der Waals surface area contributed by atoms with Gasteiger partial charge in [-0.25, -0.2) is 0 Å². The second kappa shape index (κ2) is 9.60. The van der Waals surface area contributed by atoms with Gasteiger partial charge in [-0.05, 0) is 0 Å². The first kappa shape index (κ1) is 15.7. The Kier molecular flexibility index (Phi) is 25.1. The smallest absolute Gasteiger partial charge is 1.00 e. The van der Waals surface area contributed by atoms with Crippen LogP contribution in [0, 0.1) is 0 Å². The summed E-state index contributed by atoms with van der Waals surface area (Å²) >= 11 is 0. The maximum absolute atomic E-state index is 1.50. The van der Waals surface area contributed by atoms with Gasteiger partial charge < -0.3 is 24.8 Å². The largest absolute Gasteiger partial charge is 2.00 e. The zero-order valence-corrected chi connectivity index (χ0v) is 6.51. The minimum Gasteiger partial charge on any atom is -1.00 e. The first-order valence-electron chi connectivity index (χ1n) is 1.50. The van der Waals surface area contributed by atoms with Gasteiger partial charge in [0.1, 0.15) is 0 Å². The van der Waals surface area contributed by atoms with Gasteiger partial charge in [-0.15, -0.1) is 0 Å². The monoisotopic (exact) mass is 136 g/mol. The van der Waals surface area contributed by atoms with Crippen molar-refractivity contribution >= 4 is 23.1 Å². The van der Waals surface area contributed by atoms with Crippen molar-refractivity contribution in [1.82, 2.24) is 0 Å². The molecule has 0 unspecified atom stereocenters. The van der Waals surface area contributed by atoms with E-state index in [1.54, 1.807) is 0 Å². The van der Waals surface area contributed by atoms with Crippen LogP contribution in [0.3, 0.4) is 0 Å². The van der Waals surface area contributed by atoms with Crippen molar-refractivity contribution in [1.29, 1.82) is 0 Å². The second-order valence-corrected chi connectivity index (χ2v) is 1.06. The average molecular weight is 137 g/mol. The molecule has 0 N–H and O–H groups in total. The molecule has 0 atom stereocenters. The number of hydrogen-bond donors (Lipinski definition) is 0. The normalized spacial score (nSPS) is 12.0. The summed E-state index contributed by atoms with van der Waals surface area (Å²) in [6.45, 7) is 0. The molecule has 0 saturated heterocycles. The maximum Gasteiger partial charge on any atom is 2.00 e. The molecule has 6 heavy (non-hydrogen) atoms. The van der Waals surface area contributed by atoms with Crippen LogP contribution in [0.15, 0.2) is 0 Å². The Morgan fingerprint density at radius 1 is 0.667 bits per heavy atom. The van der Waals surface area contributed by atoms with Crippen LogP contribution in [0.1, 0.15) is 19.3 Å². The molecule has 1 rings (SSSR count). The summed E-state index contributed by atoms with van der Waals surface area (Å²) in [5.41, 5.74) is 0. The van der Waals surface area contributed by atoms with Crippen molar-refractivity contribution in [2.45, 2.75) is 19.3 Å². The molecule has 0 heterocycles. The Hall–Kier alpha value is 1.35. The standard InChI is InChI=1S/C3H6.2ClH.Mg/c1-2-3-1;;;/h1-3H2;2*1H;/q;;;+2/p-2. The van der Waals surface area contributed by atoms with Crippen LogP contribution in [0.25, 0.3) is 0 Å². The van der Waals surface area contributed by atoms with E-state index in [0.717, 1.165) is 0 Å². The van der Waals surface area contributed by atoms with Crippen molar-refractivity contribution < 1.29 is 24.8 Å². The average Bonchev–Trinajstić information content (AvgIpc) is 1.46. The van der Waals surface area contributed by atoms with E-state index in [1.807, 2.05) is 0 Å². The van der Waals surface area contributed by atoms with Gasteiger partial charge in [0.25, 0.3) is 0 Å². The Labute approximate surface area is 67.0 Å². The van der Waals surface area contributed by atoms with Crippen LogP contribution < -0.4 is 24.8 Å². The summed E-state index contributed by atoms with van der Waals surface area (Å²) in [6.07, 6.45) is 4.50. The zero-order chi connectivity index (χ0) is 2.12. The van der Waals surface area contributed by atoms with Crippen molar-refractivity contribution in [2.75, 3.05) is 0 Å². The van der Waals surface area contributed by atoms with Crippen LogP contribution in [0.2, 0.25) is 0 Å². The first-order chi connectivity index (χ1) is 1.50. The molecule has 0 aromatic carbocycles. The molecule has 34 valence electrons. The molecule has 0 aliphatic heterocycles. The first-order valence-corrected chi connectivity index (χ1v) is 1.50. The molecule has 0 aromatic heterocycles. The van der Waals surface area contributed by atoms with E-state index in [0.29, 0.717) is 0 Å². The molecule has 1 aliphatic rings. The van der Waals surface area contributed by atoms with Crippen LogP contribution in [0.4, 0.5) is 0 Å². The summed E-state index contributed by atoms with van der Waals surface area (Å²) in [5, 5.41) is 0. The molecule has 1 saturated carbocycles. The zero-order valence-electron chi connectivity index (χ0n) is 3.58. The van der Waals surface area contributed by atoms with Crippen LogP contribution >= 0.6 is 0 Å². The second-order valence-electron chi connectivity index (χ2n) is 1.06. The number of halogens is 2. The van der Waals surface area contributed by atoms with Crippen LogP contribution in [0.5, 0.6) is 0 Å². The topological polar surface area (TPSA) is 0 Å². The van der Waals surface area contributed by atoms with E-state index in [1.165, 1.54) is 19.3 Å². The van der Waals surface area contributed by atoms with Gasteiger partial charge in [-0.1, -0.05) is 19.3 Å². The Balaban J connectivity index is -0.0000000300. The fraction of sp³-hybridized carbons (Fsp3) is 1.00. The fourth-order valence-corrected chi connectivity index (χ4v) is 0. The van der Waals surface area contributed by atoms with E-state index < -0.39 is 0 Å². The molecule has 0 radical (unpaired) electrons. The molecule has 0 nitrogen and oxygen atoms in total. The van der Waals surface area contributed by atoms with E-state index in [2.05, 4.69) is 0 Å². The summed E-state index contributed by atoms with van der Waals surface area (Å²) in [7, 11) is 0. The van der Waals surface area contributed by atoms with Crippen molar-refractivity contribution in [3.63, 3.8) is 0 Å². The van der Waals surface area contributed by atoms with Gasteiger partial charge >= 0.3 is 23.1 Å². The van der Waals surface area contributed by atoms with E-state index in [4.69, 9.17) is 0 Å². The Morgan fingerprint density at radius 3 is 0.833 bits per heavy atom. The Bertz CT molecular complexity index is 13.5. The van der Waals surface area contributed by atoms with E-state index in [9.17, 15) is 0 Å². The third kappa shape index (κ3) is 18.3. The molecule has 1 aliphatic carbocycles. The van der Waals surface area contributed by atoms with Crippen LogP contribution in [-0.2, 0) is 0 Å². The quantitative estimate of drug-likeness (QED) is 0.293. The van der Waals surface area contributed by atoms with Gasteiger partial charge in [-0.2, -0.15) is 0 Å². The SMILES string of the molecule is C1CC1.[Cl-].[Cl-].[Mg+2]. The number of hydrogen-bond acceptors (Lipinski definition) is 0. The summed E-state index contributed by atoms with van der Waals surface area (Å²) < 4.78 is 0. The van der Waals surface area contributed by atoms with Gasteiger partial charge in [0, 0.05) is 0 Å². The molecule has 0 aromatic rings. The van der Waals surface area contributed by atoms with E-state index >= 15 is 0 Å². The molecule has 3 heteroatoms. The van der Waals surface area contributed by atoms with Gasteiger partial charge in [-0.3, -0.25) is 0 Å². The van der Waals surface area contributed by atoms with Crippen LogP contribution in [-0.4, -0.2) is 23.1 Å². The third-order valence-corrected chi connectivity index (χ3v) is 0.354. The Morgan fingerprint density at radius 2 is 0.833 bits per heavy atom. The summed E-state index contributed by atoms with van der Waals surface area (Å²) in [6, 6.07) is 0. The van der Waals surface area contributed by atoms with Gasteiger partial charge in [0.05, 0.1) is 0 Å². The molecular weight excluding hydrogens is 131 g/mol. The predicted octanol–water partition coefficient (Wildman–Crippen LogP) is -5.20. The van der Waals surface area contributed by atoms with Gasteiger partial charge in [0.2, 0.25) is 0 Å². The summed E-state index contributed by atoms with van der Waals surface area (Å²) in [5.74, 6) is 0.